The molecule has 0 radical (unpaired) electrons. The number of rotatable bonds is 9. The third-order valence-corrected chi connectivity index (χ3v) is 3.75. The summed E-state index contributed by atoms with van der Waals surface area (Å²) in [7, 11) is 0. The number of ether oxygens (including phenoxy) is 1. The fraction of sp³-hybridized carbons (Fsp3) is 0.400. The summed E-state index contributed by atoms with van der Waals surface area (Å²) in [4.78, 5) is 19.5. The molecule has 0 fully saturated rings. The van der Waals surface area contributed by atoms with E-state index in [-0.39, 0.29) is 0 Å². The van der Waals surface area contributed by atoms with Gasteiger partial charge < -0.3 is 35.6 Å². The molecule has 0 saturated heterocycles. The van der Waals surface area contributed by atoms with Gasteiger partial charge in [0.25, 0.3) is 0 Å². The van der Waals surface area contributed by atoms with Crippen molar-refractivity contribution >= 4 is 22.7 Å². The van der Waals surface area contributed by atoms with Gasteiger partial charge in [0.15, 0.2) is 12.2 Å². The lowest BCUT2D eigenvalue weighted by atomic mass is 10.1. The highest BCUT2D eigenvalue weighted by atomic mass is 16.5. The second kappa shape index (κ2) is 12.0. The van der Waals surface area contributed by atoms with Gasteiger partial charge in [-0.25, -0.2) is 9.59 Å². The van der Waals surface area contributed by atoms with E-state index in [1.807, 2.05) is 30.3 Å². The first-order valence-corrected chi connectivity index (χ1v) is 8.97. The number of carboxylic acid groups (broad SMARTS) is 2. The van der Waals surface area contributed by atoms with Crippen molar-refractivity contribution in [2.75, 3.05) is 13.2 Å². The summed E-state index contributed by atoms with van der Waals surface area (Å²) in [5.41, 5.74) is 0. The van der Waals surface area contributed by atoms with Gasteiger partial charge in [-0.15, -0.1) is 0 Å². The Morgan fingerprint density at radius 3 is 2.03 bits per heavy atom. The normalized spacial score (nSPS) is 13.9. The lowest BCUT2D eigenvalue weighted by Crippen LogP contribution is -2.39. The molecular formula is C20H27NO8. The van der Waals surface area contributed by atoms with E-state index in [0.29, 0.717) is 19.2 Å². The maximum atomic E-state index is 9.84. The fourth-order valence-electron chi connectivity index (χ4n) is 2.21. The minimum atomic E-state index is -2.27. The highest BCUT2D eigenvalue weighted by molar-refractivity contribution is 5.88. The molecule has 0 heterocycles. The van der Waals surface area contributed by atoms with Crippen molar-refractivity contribution < 1.29 is 39.9 Å². The van der Waals surface area contributed by atoms with E-state index in [2.05, 4.69) is 31.3 Å². The molecule has 2 aromatic rings. The highest BCUT2D eigenvalue weighted by Crippen LogP contribution is 2.25. The predicted octanol–water partition coefficient (Wildman–Crippen LogP) is 0.455. The summed E-state index contributed by atoms with van der Waals surface area (Å²) >= 11 is 0. The summed E-state index contributed by atoms with van der Waals surface area (Å²) in [6.45, 7) is 4.95. The Balaban J connectivity index is 0.000000359. The number of hydrogen-bond donors (Lipinski definition) is 6. The van der Waals surface area contributed by atoms with E-state index in [4.69, 9.17) is 25.2 Å². The predicted molar refractivity (Wildman–Crippen MR) is 106 cm³/mol. The molecule has 0 aliphatic carbocycles. The summed E-state index contributed by atoms with van der Waals surface area (Å²) in [6, 6.07) is 14.4. The van der Waals surface area contributed by atoms with Gasteiger partial charge in [-0.3, -0.25) is 0 Å². The van der Waals surface area contributed by atoms with Crippen LogP contribution in [0, 0.1) is 0 Å². The summed E-state index contributed by atoms with van der Waals surface area (Å²) in [5.74, 6) is -2.72. The van der Waals surface area contributed by atoms with Crippen LogP contribution in [0.3, 0.4) is 0 Å². The zero-order chi connectivity index (χ0) is 22.0. The summed E-state index contributed by atoms with van der Waals surface area (Å²) in [6.07, 6.45) is -5.03. The van der Waals surface area contributed by atoms with Gasteiger partial charge in [-0.2, -0.15) is 0 Å². The fourth-order valence-corrected chi connectivity index (χ4v) is 2.21. The van der Waals surface area contributed by atoms with Gasteiger partial charge >= 0.3 is 11.9 Å². The molecule has 0 aliphatic rings. The van der Waals surface area contributed by atoms with Crippen molar-refractivity contribution in [3.63, 3.8) is 0 Å². The SMILES string of the molecule is CC(C)NCC(O)COc1cccc2ccccc12.O=C(O)C(O)C(O)C(=O)O. The molecule has 0 aliphatic heterocycles. The van der Waals surface area contributed by atoms with E-state index in [1.54, 1.807) is 0 Å². The van der Waals surface area contributed by atoms with Crippen molar-refractivity contribution in [3.8, 4) is 5.75 Å². The molecule has 0 spiro atoms. The Morgan fingerprint density at radius 2 is 1.48 bits per heavy atom. The Kier molecular flexibility index (Phi) is 10.0. The molecule has 2 aromatic carbocycles. The first-order chi connectivity index (χ1) is 13.6. The molecule has 3 unspecified atom stereocenters. The number of benzene rings is 2. The molecule has 0 bridgehead atoms. The van der Waals surface area contributed by atoms with Crippen molar-refractivity contribution in [1.29, 1.82) is 0 Å². The van der Waals surface area contributed by atoms with E-state index < -0.39 is 30.3 Å². The van der Waals surface area contributed by atoms with Crippen LogP contribution in [-0.4, -0.2) is 75.0 Å². The van der Waals surface area contributed by atoms with Gasteiger partial charge in [0.1, 0.15) is 18.5 Å². The average molecular weight is 409 g/mol. The Hall–Kier alpha value is -2.72. The zero-order valence-electron chi connectivity index (χ0n) is 16.2. The second-order valence-electron chi connectivity index (χ2n) is 6.57. The van der Waals surface area contributed by atoms with Crippen molar-refractivity contribution in [2.45, 2.75) is 38.2 Å². The van der Waals surface area contributed by atoms with Crippen LogP contribution in [0.15, 0.2) is 42.5 Å². The number of fused-ring (bicyclic) bond motifs is 1. The van der Waals surface area contributed by atoms with E-state index in [1.165, 1.54) is 0 Å². The van der Waals surface area contributed by atoms with Crippen molar-refractivity contribution in [3.05, 3.63) is 42.5 Å². The molecule has 0 amide bonds. The Morgan fingerprint density at radius 1 is 0.931 bits per heavy atom. The second-order valence-corrected chi connectivity index (χ2v) is 6.57. The largest absolute Gasteiger partial charge is 0.490 e. The summed E-state index contributed by atoms with van der Waals surface area (Å²) in [5, 5.41) is 47.8. The quantitative estimate of drug-likeness (QED) is 0.346. The summed E-state index contributed by atoms with van der Waals surface area (Å²) < 4.78 is 5.72. The molecule has 3 atom stereocenters. The number of aliphatic hydroxyl groups is 3. The van der Waals surface area contributed by atoms with Gasteiger partial charge in [-0.1, -0.05) is 50.2 Å². The van der Waals surface area contributed by atoms with Gasteiger partial charge in [0, 0.05) is 18.0 Å². The van der Waals surface area contributed by atoms with Gasteiger partial charge in [0.05, 0.1) is 0 Å². The van der Waals surface area contributed by atoms with Crippen LogP contribution in [0.5, 0.6) is 5.75 Å². The number of aliphatic carboxylic acids is 2. The lowest BCUT2D eigenvalue weighted by Gasteiger charge is -2.15. The Bertz CT molecular complexity index is 772. The molecule has 0 aromatic heterocycles. The van der Waals surface area contributed by atoms with Gasteiger partial charge in [0.2, 0.25) is 0 Å². The molecule has 9 nitrogen and oxygen atoms in total. The third kappa shape index (κ3) is 8.44. The standard InChI is InChI=1S/C16H21NO2.C4H6O6/c1-12(2)17-10-14(18)11-19-16-9-5-7-13-6-3-4-8-15(13)16;5-1(3(7)8)2(6)4(9)10/h3-9,12,14,17-18H,10-11H2,1-2H3;1-2,5-6H,(H,7,8)(H,9,10). The van der Waals surface area contributed by atoms with Crippen LogP contribution in [0.4, 0.5) is 0 Å². The van der Waals surface area contributed by atoms with E-state index in [9.17, 15) is 14.7 Å². The van der Waals surface area contributed by atoms with Crippen LogP contribution in [0.2, 0.25) is 0 Å². The van der Waals surface area contributed by atoms with Crippen molar-refractivity contribution in [2.24, 2.45) is 0 Å². The van der Waals surface area contributed by atoms with Gasteiger partial charge in [-0.05, 0) is 11.5 Å². The number of carboxylic acids is 2. The average Bonchev–Trinajstić information content (AvgIpc) is 2.69. The molecule has 9 heteroatoms. The smallest absolute Gasteiger partial charge is 0.335 e. The highest BCUT2D eigenvalue weighted by Gasteiger charge is 2.29. The minimum Gasteiger partial charge on any atom is -0.490 e. The number of hydrogen-bond acceptors (Lipinski definition) is 7. The third-order valence-electron chi connectivity index (χ3n) is 3.75. The number of carbonyl (C=O) groups is 2. The first kappa shape index (κ1) is 24.3. The monoisotopic (exact) mass is 409 g/mol. The van der Waals surface area contributed by atoms with Crippen LogP contribution in [0.1, 0.15) is 13.8 Å². The first-order valence-electron chi connectivity index (χ1n) is 8.97. The number of nitrogens with one attached hydrogen (secondary N) is 1. The molecule has 2 rings (SSSR count). The maximum Gasteiger partial charge on any atom is 0.335 e. The van der Waals surface area contributed by atoms with Crippen LogP contribution < -0.4 is 10.1 Å². The minimum absolute atomic E-state index is 0.299. The molecule has 29 heavy (non-hydrogen) atoms. The van der Waals surface area contributed by atoms with Crippen molar-refractivity contribution in [1.82, 2.24) is 5.32 Å². The molecule has 0 saturated carbocycles. The molecule has 6 N–H and O–H groups in total. The van der Waals surface area contributed by atoms with E-state index in [0.717, 1.165) is 16.5 Å². The molecule has 160 valence electrons. The van der Waals surface area contributed by atoms with Crippen LogP contribution >= 0.6 is 0 Å². The molecular weight excluding hydrogens is 382 g/mol. The number of aliphatic hydroxyl groups excluding tert-OH is 3. The zero-order valence-corrected chi connectivity index (χ0v) is 16.2. The van der Waals surface area contributed by atoms with Crippen LogP contribution in [0.25, 0.3) is 10.8 Å². The lowest BCUT2D eigenvalue weighted by molar-refractivity contribution is -0.165. The van der Waals surface area contributed by atoms with Crippen LogP contribution in [-0.2, 0) is 9.59 Å². The van der Waals surface area contributed by atoms with E-state index >= 15 is 0 Å². The topological polar surface area (TPSA) is 157 Å². The maximum absolute atomic E-state index is 9.84. The Labute approximate surface area is 168 Å².